The summed E-state index contributed by atoms with van der Waals surface area (Å²) in [5, 5.41) is 19.0. The van der Waals surface area contributed by atoms with Gasteiger partial charge in [-0.2, -0.15) is 0 Å². The van der Waals surface area contributed by atoms with Crippen molar-refractivity contribution in [1.29, 1.82) is 0 Å². The van der Waals surface area contributed by atoms with Gasteiger partial charge < -0.3 is 10.2 Å². The third-order valence-corrected chi connectivity index (χ3v) is 6.87. The number of aliphatic hydroxyl groups is 2. The zero-order valence-corrected chi connectivity index (χ0v) is 25.4. The van der Waals surface area contributed by atoms with E-state index < -0.39 is 6.10 Å². The van der Waals surface area contributed by atoms with Crippen LogP contribution in [0.5, 0.6) is 0 Å². The van der Waals surface area contributed by atoms with Crippen molar-refractivity contribution in [2.24, 2.45) is 0 Å². The molecule has 0 fully saturated rings. The molecule has 0 aliphatic carbocycles. The molecule has 0 aliphatic heterocycles. The molecule has 194 valence electrons. The molecule has 1 atom stereocenters. The summed E-state index contributed by atoms with van der Waals surface area (Å²) in [6.45, 7) is 13.6. The number of aliphatic hydroxyl groups excluding tert-OH is 2. The van der Waals surface area contributed by atoms with E-state index in [2.05, 4.69) is 120 Å². The predicted molar refractivity (Wildman–Crippen MR) is 146 cm³/mol. The zero-order chi connectivity index (χ0) is 27.2. The van der Waals surface area contributed by atoms with E-state index in [-0.39, 0.29) is 10.8 Å². The second kappa shape index (κ2) is 16.2. The quantitative estimate of drug-likeness (QED) is 0.277. The molecule has 0 aromatic heterocycles. The fourth-order valence-electron chi connectivity index (χ4n) is 4.40. The van der Waals surface area contributed by atoms with Gasteiger partial charge in [0.1, 0.15) is 0 Å². The van der Waals surface area contributed by atoms with Crippen molar-refractivity contribution >= 4 is 0 Å². The Kier molecular flexibility index (Phi) is 14.5. The van der Waals surface area contributed by atoms with Gasteiger partial charge >= 0.3 is 27.5 Å². The number of hydrogen-bond donors (Lipinski definition) is 2. The average Bonchev–Trinajstić information content (AvgIpc) is 2.91. The van der Waals surface area contributed by atoms with Crippen molar-refractivity contribution in [3.63, 3.8) is 0 Å². The van der Waals surface area contributed by atoms with Crippen LogP contribution >= 0.6 is 0 Å². The van der Waals surface area contributed by atoms with E-state index in [1.54, 1.807) is 0 Å². The van der Waals surface area contributed by atoms with Crippen LogP contribution in [-0.2, 0) is 38.4 Å². The SMILES string of the molecule is CCCC(O)c1ccc(C(C)(C)c2ccccc2)cc1C(C)(C)c1ccccc1.CCCCO.[O]=[Zr]. The van der Waals surface area contributed by atoms with Gasteiger partial charge in [0.15, 0.2) is 0 Å². The maximum atomic E-state index is 10.9. The van der Waals surface area contributed by atoms with Crippen LogP contribution in [0.4, 0.5) is 0 Å². The summed E-state index contributed by atoms with van der Waals surface area (Å²) >= 11 is 0.300. The molecule has 0 bridgehead atoms. The summed E-state index contributed by atoms with van der Waals surface area (Å²) in [7, 11) is 0. The Balaban J connectivity index is 0.000000826. The molecule has 0 amide bonds. The minimum atomic E-state index is -0.438. The van der Waals surface area contributed by atoms with Crippen molar-refractivity contribution in [3.8, 4) is 0 Å². The van der Waals surface area contributed by atoms with Gasteiger partial charge in [-0.05, 0) is 40.7 Å². The van der Waals surface area contributed by atoms with Crippen molar-refractivity contribution in [2.45, 2.75) is 84.2 Å². The van der Waals surface area contributed by atoms with E-state index >= 15 is 0 Å². The van der Waals surface area contributed by atoms with Gasteiger partial charge in [0, 0.05) is 17.4 Å². The molecule has 0 radical (unpaired) electrons. The Morgan fingerprint density at radius 3 is 1.64 bits per heavy atom. The Morgan fingerprint density at radius 2 is 1.22 bits per heavy atom. The number of unbranched alkanes of at least 4 members (excludes halogenated alkanes) is 1. The van der Waals surface area contributed by atoms with Crippen LogP contribution in [-0.4, -0.2) is 16.8 Å². The van der Waals surface area contributed by atoms with Gasteiger partial charge in [-0.3, -0.25) is 0 Å². The molecule has 3 nitrogen and oxygen atoms in total. The van der Waals surface area contributed by atoms with Crippen LogP contribution in [0.15, 0.2) is 78.9 Å². The van der Waals surface area contributed by atoms with Crippen LogP contribution < -0.4 is 0 Å². The van der Waals surface area contributed by atoms with E-state index in [0.717, 1.165) is 31.2 Å². The molecule has 1 unspecified atom stereocenters. The zero-order valence-electron chi connectivity index (χ0n) is 22.9. The molecule has 3 rings (SSSR count). The van der Waals surface area contributed by atoms with Gasteiger partial charge in [0.2, 0.25) is 0 Å². The topological polar surface area (TPSA) is 57.5 Å². The Morgan fingerprint density at radius 1 is 0.722 bits per heavy atom. The molecule has 3 aromatic carbocycles. The monoisotopic (exact) mass is 566 g/mol. The number of hydrogen-bond acceptors (Lipinski definition) is 3. The molecular weight excluding hydrogens is 524 g/mol. The molecule has 0 saturated heterocycles. The van der Waals surface area contributed by atoms with Crippen LogP contribution in [0.3, 0.4) is 0 Å². The molecular formula is C32H44O3Zr. The van der Waals surface area contributed by atoms with Gasteiger partial charge in [-0.15, -0.1) is 0 Å². The molecule has 0 saturated carbocycles. The molecule has 2 N–H and O–H groups in total. The Hall–Kier alpha value is -1.74. The molecule has 4 heteroatoms. The van der Waals surface area contributed by atoms with Crippen molar-refractivity contribution in [3.05, 3.63) is 107 Å². The summed E-state index contributed by atoms with van der Waals surface area (Å²) < 4.78 is 8.34. The first-order valence-corrected chi connectivity index (χ1v) is 14.0. The standard InChI is InChI=1S/C28H34O.C4H10O.O.Zr/c1-6-13-26(29)24-19-18-23(27(2,3)21-14-9-7-10-15-21)20-25(24)28(4,5)22-16-11-8-12-17-22;1-2-3-4-5;;/h7-12,14-20,26,29H,6,13H2,1-5H3;5H,2-4H2,1H3;;. The summed E-state index contributed by atoms with van der Waals surface area (Å²) in [6.07, 6.45) is 3.34. The second-order valence-electron chi connectivity index (χ2n) is 10.2. The van der Waals surface area contributed by atoms with Crippen molar-refractivity contribution in [1.82, 2.24) is 0 Å². The molecule has 36 heavy (non-hydrogen) atoms. The van der Waals surface area contributed by atoms with E-state index in [1.807, 2.05) is 0 Å². The normalized spacial score (nSPS) is 12.0. The third kappa shape index (κ3) is 8.68. The van der Waals surface area contributed by atoms with E-state index in [4.69, 9.17) is 7.92 Å². The van der Waals surface area contributed by atoms with E-state index in [1.165, 1.54) is 22.3 Å². The summed E-state index contributed by atoms with van der Waals surface area (Å²) in [4.78, 5) is 0. The van der Waals surface area contributed by atoms with E-state index in [0.29, 0.717) is 31.3 Å². The fourth-order valence-corrected chi connectivity index (χ4v) is 4.40. The van der Waals surface area contributed by atoms with Gasteiger partial charge in [0.25, 0.3) is 0 Å². The third-order valence-electron chi connectivity index (χ3n) is 6.87. The van der Waals surface area contributed by atoms with Crippen LogP contribution in [0.1, 0.15) is 101 Å². The van der Waals surface area contributed by atoms with Crippen molar-refractivity contribution < 1.29 is 37.7 Å². The Labute approximate surface area is 234 Å². The molecule has 0 heterocycles. The minimum absolute atomic E-state index is 0.114. The number of benzene rings is 3. The van der Waals surface area contributed by atoms with E-state index in [9.17, 15) is 5.11 Å². The maximum absolute atomic E-state index is 10.9. The van der Waals surface area contributed by atoms with Crippen LogP contribution in [0.25, 0.3) is 0 Å². The average molecular weight is 568 g/mol. The second-order valence-corrected chi connectivity index (χ2v) is 10.2. The summed E-state index contributed by atoms with van der Waals surface area (Å²) in [5.74, 6) is 0. The predicted octanol–water partition coefficient (Wildman–Crippen LogP) is 7.83. The van der Waals surface area contributed by atoms with Crippen LogP contribution in [0.2, 0.25) is 0 Å². The number of rotatable bonds is 9. The fraction of sp³-hybridized carbons (Fsp3) is 0.438. The first kappa shape index (κ1) is 32.3. The Bertz CT molecular complexity index is 998. The summed E-state index contributed by atoms with van der Waals surface area (Å²) in [5.41, 5.74) is 5.78. The molecule has 3 aromatic rings. The summed E-state index contributed by atoms with van der Waals surface area (Å²) in [6, 6.07) is 28.0. The van der Waals surface area contributed by atoms with Gasteiger partial charge in [-0.25, -0.2) is 0 Å². The molecule has 0 aliphatic rings. The van der Waals surface area contributed by atoms with Gasteiger partial charge in [0.05, 0.1) is 6.10 Å². The first-order chi connectivity index (χ1) is 17.2. The van der Waals surface area contributed by atoms with Crippen molar-refractivity contribution in [2.75, 3.05) is 6.61 Å². The van der Waals surface area contributed by atoms with Crippen LogP contribution in [0, 0.1) is 0 Å². The van der Waals surface area contributed by atoms with Gasteiger partial charge in [-0.1, -0.05) is 133 Å². The molecule has 0 spiro atoms. The first-order valence-electron chi connectivity index (χ1n) is 12.9.